The highest BCUT2D eigenvalue weighted by atomic mass is 28.4. The molecule has 0 spiro atoms. The van der Waals surface area contributed by atoms with Crippen LogP contribution in [0.25, 0.3) is 0 Å². The molecule has 0 saturated heterocycles. The second-order valence-electron chi connectivity index (χ2n) is 12.6. The summed E-state index contributed by atoms with van der Waals surface area (Å²) < 4.78 is 18.4. The van der Waals surface area contributed by atoms with Gasteiger partial charge in [0.2, 0.25) is 0 Å². The van der Waals surface area contributed by atoms with Crippen LogP contribution in [0, 0.1) is 0 Å². The quantitative estimate of drug-likeness (QED) is 0.290. The van der Waals surface area contributed by atoms with Gasteiger partial charge in [-0.15, -0.1) is 0 Å². The van der Waals surface area contributed by atoms with Gasteiger partial charge in [0.25, 0.3) is 0 Å². The largest absolute Gasteiger partial charge is 0.459 e. The zero-order valence-corrected chi connectivity index (χ0v) is 25.2. The van der Waals surface area contributed by atoms with E-state index in [2.05, 4.69) is 67.7 Å². The second kappa shape index (κ2) is 11.3. The summed E-state index contributed by atoms with van der Waals surface area (Å²) in [5, 5.41) is 21.9. The minimum Gasteiger partial charge on any atom is -0.459 e. The summed E-state index contributed by atoms with van der Waals surface area (Å²) in [7, 11) is -4.19. The predicted molar refractivity (Wildman–Crippen MR) is 143 cm³/mol. The highest BCUT2D eigenvalue weighted by Crippen LogP contribution is 2.39. The van der Waals surface area contributed by atoms with Crippen molar-refractivity contribution in [1.29, 1.82) is 0 Å². The van der Waals surface area contributed by atoms with E-state index in [1.807, 2.05) is 6.07 Å². The van der Waals surface area contributed by atoms with Gasteiger partial charge in [-0.3, -0.25) is 0 Å². The number of hydrogen-bond donors (Lipinski definition) is 2. The first-order valence-corrected chi connectivity index (χ1v) is 18.0. The summed E-state index contributed by atoms with van der Waals surface area (Å²) in [6, 6.07) is 8.60. The van der Waals surface area contributed by atoms with E-state index in [4.69, 9.17) is 13.6 Å². The molecule has 2 N–H and O–H groups in total. The van der Waals surface area contributed by atoms with Gasteiger partial charge in [-0.2, -0.15) is 0 Å². The Morgan fingerprint density at radius 1 is 0.912 bits per heavy atom. The van der Waals surface area contributed by atoms with Crippen molar-refractivity contribution in [2.45, 2.75) is 109 Å². The maximum atomic E-state index is 12.3. The van der Waals surface area contributed by atoms with Gasteiger partial charge in [0.15, 0.2) is 16.6 Å². The number of rotatable bonds is 11. The van der Waals surface area contributed by atoms with Crippen molar-refractivity contribution in [2.75, 3.05) is 13.2 Å². The summed E-state index contributed by atoms with van der Waals surface area (Å²) in [6.07, 6.45) is -1.37. The van der Waals surface area contributed by atoms with E-state index in [1.165, 1.54) is 6.92 Å². The van der Waals surface area contributed by atoms with Crippen LogP contribution in [0.15, 0.2) is 30.3 Å². The minimum atomic E-state index is -2.16. The lowest BCUT2D eigenvalue weighted by atomic mass is 9.95. The molecule has 0 aliphatic rings. The number of aliphatic hydroxyl groups excluding tert-OH is 1. The van der Waals surface area contributed by atoms with E-state index >= 15 is 0 Å². The first-order valence-electron chi connectivity index (χ1n) is 12.1. The van der Waals surface area contributed by atoms with Crippen LogP contribution >= 0.6 is 0 Å². The number of ether oxygens (including phenoxy) is 1. The molecular formula is C26H48O6Si2. The van der Waals surface area contributed by atoms with Crippen LogP contribution in [-0.2, 0) is 13.6 Å². The lowest BCUT2D eigenvalue weighted by molar-refractivity contribution is -0.110. The molecule has 196 valence electrons. The lowest BCUT2D eigenvalue weighted by Gasteiger charge is -2.42. The average molecular weight is 513 g/mol. The summed E-state index contributed by atoms with van der Waals surface area (Å²) in [5.41, 5.74) is -1.23. The second-order valence-corrected chi connectivity index (χ2v) is 22.2. The molecule has 1 rings (SSSR count). The summed E-state index contributed by atoms with van der Waals surface area (Å²) in [4.78, 5) is 12.3. The monoisotopic (exact) mass is 512 g/mol. The van der Waals surface area contributed by atoms with E-state index in [-0.39, 0.29) is 29.2 Å². The van der Waals surface area contributed by atoms with Gasteiger partial charge < -0.3 is 23.8 Å². The van der Waals surface area contributed by atoms with Crippen molar-refractivity contribution >= 4 is 22.6 Å². The standard InChI is InChI=1S/C26H48O6Si2/c1-24(2,3)33(8,9)31-18-21(32-34(10,11)25(4,5)6)17-22(27)26(7,29)19-30-23(28)20-15-13-12-14-16-20/h12-16,21-22,27,29H,17-19H2,1-11H3/t21-,22-,26-/m1/s1. The van der Waals surface area contributed by atoms with E-state index in [9.17, 15) is 15.0 Å². The Morgan fingerprint density at radius 3 is 1.88 bits per heavy atom. The number of hydrogen-bond acceptors (Lipinski definition) is 6. The van der Waals surface area contributed by atoms with Gasteiger partial charge in [0.05, 0.1) is 24.4 Å². The number of aliphatic hydroxyl groups is 2. The molecule has 0 heterocycles. The molecule has 0 aliphatic carbocycles. The van der Waals surface area contributed by atoms with Crippen molar-refractivity contribution in [1.82, 2.24) is 0 Å². The van der Waals surface area contributed by atoms with Crippen LogP contribution in [-0.4, -0.2) is 63.8 Å². The Balaban J connectivity index is 2.95. The minimum absolute atomic E-state index is 0.0130. The smallest absolute Gasteiger partial charge is 0.338 e. The fraction of sp³-hybridized carbons (Fsp3) is 0.731. The molecule has 1 aromatic rings. The van der Waals surface area contributed by atoms with Crippen molar-refractivity contribution in [3.8, 4) is 0 Å². The fourth-order valence-electron chi connectivity index (χ4n) is 2.73. The predicted octanol–water partition coefficient (Wildman–Crippen LogP) is 5.76. The third-order valence-electron chi connectivity index (χ3n) is 7.41. The first-order chi connectivity index (χ1) is 15.2. The molecule has 0 fully saturated rings. The fourth-order valence-corrected chi connectivity index (χ4v) is 5.12. The van der Waals surface area contributed by atoms with Crippen LogP contribution in [0.1, 0.15) is 65.2 Å². The van der Waals surface area contributed by atoms with E-state index < -0.39 is 34.3 Å². The van der Waals surface area contributed by atoms with Crippen LogP contribution in [0.4, 0.5) is 0 Å². The molecular weight excluding hydrogens is 464 g/mol. The molecule has 0 unspecified atom stereocenters. The summed E-state index contributed by atoms with van der Waals surface area (Å²) in [6.45, 7) is 23.3. The molecule has 8 heteroatoms. The molecule has 1 aromatic carbocycles. The molecule has 6 nitrogen and oxygen atoms in total. The maximum absolute atomic E-state index is 12.3. The highest BCUT2D eigenvalue weighted by Gasteiger charge is 2.43. The van der Waals surface area contributed by atoms with Gasteiger partial charge in [-0.1, -0.05) is 59.7 Å². The van der Waals surface area contributed by atoms with Crippen LogP contribution in [0.2, 0.25) is 36.3 Å². The third kappa shape index (κ3) is 8.88. The van der Waals surface area contributed by atoms with Crippen molar-refractivity contribution < 1.29 is 28.6 Å². The van der Waals surface area contributed by atoms with E-state index in [1.54, 1.807) is 24.3 Å². The summed E-state index contributed by atoms with van der Waals surface area (Å²) >= 11 is 0. The molecule has 34 heavy (non-hydrogen) atoms. The molecule has 0 amide bonds. The molecule has 0 bridgehead atoms. The normalized spacial score (nSPS) is 17.1. The van der Waals surface area contributed by atoms with E-state index in [0.29, 0.717) is 12.2 Å². The molecule has 0 saturated carbocycles. The number of carbonyl (C=O) groups is 1. The molecule has 3 atom stereocenters. The van der Waals surface area contributed by atoms with E-state index in [0.717, 1.165) is 0 Å². The zero-order valence-electron chi connectivity index (χ0n) is 23.2. The van der Waals surface area contributed by atoms with Crippen molar-refractivity contribution in [3.63, 3.8) is 0 Å². The lowest BCUT2D eigenvalue weighted by Crippen LogP contribution is -2.51. The molecule has 0 radical (unpaired) electrons. The first kappa shape index (κ1) is 31.0. The number of esters is 1. The maximum Gasteiger partial charge on any atom is 0.338 e. The Kier molecular flexibility index (Phi) is 10.3. The van der Waals surface area contributed by atoms with Gasteiger partial charge >= 0.3 is 5.97 Å². The Bertz CT molecular complexity index is 779. The Morgan fingerprint density at radius 2 is 1.41 bits per heavy atom. The number of benzene rings is 1. The van der Waals surface area contributed by atoms with Gasteiger partial charge in [-0.05, 0) is 55.3 Å². The average Bonchev–Trinajstić information content (AvgIpc) is 2.69. The SMILES string of the molecule is CC(C)(C)[Si](C)(C)OC[C@@H](C[C@@H](O)[C@](C)(O)COC(=O)c1ccccc1)O[Si](C)(C)C(C)(C)C. The van der Waals surface area contributed by atoms with Gasteiger partial charge in [0.1, 0.15) is 12.2 Å². The Labute approximate surface area is 209 Å². The van der Waals surface area contributed by atoms with Crippen LogP contribution in [0.3, 0.4) is 0 Å². The van der Waals surface area contributed by atoms with Crippen LogP contribution in [0.5, 0.6) is 0 Å². The van der Waals surface area contributed by atoms with Gasteiger partial charge in [-0.25, -0.2) is 4.79 Å². The molecule has 0 aromatic heterocycles. The topological polar surface area (TPSA) is 85.2 Å². The summed E-state index contributed by atoms with van der Waals surface area (Å²) in [5.74, 6) is -0.539. The van der Waals surface area contributed by atoms with Crippen molar-refractivity contribution in [2.24, 2.45) is 0 Å². The van der Waals surface area contributed by atoms with Gasteiger partial charge in [0, 0.05) is 6.42 Å². The highest BCUT2D eigenvalue weighted by molar-refractivity contribution is 6.74. The van der Waals surface area contributed by atoms with Crippen LogP contribution < -0.4 is 0 Å². The zero-order chi connectivity index (χ0) is 26.6. The molecule has 0 aliphatic heterocycles. The Hall–Kier alpha value is -1.04. The number of carbonyl (C=O) groups excluding carboxylic acids is 1. The third-order valence-corrected chi connectivity index (χ3v) is 16.4. The van der Waals surface area contributed by atoms with Crippen molar-refractivity contribution in [3.05, 3.63) is 35.9 Å².